The molecule has 0 radical (unpaired) electrons. The second-order valence-corrected chi connectivity index (χ2v) is 7.52. The van der Waals surface area contributed by atoms with Crippen LogP contribution in [0.3, 0.4) is 0 Å². The van der Waals surface area contributed by atoms with Gasteiger partial charge < -0.3 is 14.8 Å². The average Bonchev–Trinajstić information content (AvgIpc) is 3.28. The van der Waals surface area contributed by atoms with E-state index in [0.717, 1.165) is 23.5 Å². The Labute approximate surface area is 162 Å². The highest BCUT2D eigenvalue weighted by Gasteiger charge is 2.16. The maximum atomic E-state index is 12.3. The summed E-state index contributed by atoms with van der Waals surface area (Å²) in [6.45, 7) is 2.80. The number of hydrogen-bond donors (Lipinski definition) is 1. The van der Waals surface area contributed by atoms with Crippen LogP contribution in [-0.4, -0.2) is 24.2 Å². The minimum atomic E-state index is -0.119. The van der Waals surface area contributed by atoms with Gasteiger partial charge in [-0.3, -0.25) is 4.79 Å². The van der Waals surface area contributed by atoms with E-state index in [2.05, 4.69) is 34.6 Å². The number of amides is 1. The van der Waals surface area contributed by atoms with Gasteiger partial charge in [-0.15, -0.1) is 11.3 Å². The lowest BCUT2D eigenvalue weighted by Gasteiger charge is -2.05. The van der Waals surface area contributed by atoms with Gasteiger partial charge in [-0.05, 0) is 30.7 Å². The van der Waals surface area contributed by atoms with Crippen molar-refractivity contribution >= 4 is 17.2 Å². The van der Waals surface area contributed by atoms with Crippen molar-refractivity contribution in [2.75, 3.05) is 13.3 Å². The maximum Gasteiger partial charge on any atom is 0.251 e. The zero-order valence-corrected chi connectivity index (χ0v) is 15.8. The summed E-state index contributed by atoms with van der Waals surface area (Å²) in [6, 6.07) is 15.6. The number of benzene rings is 2. The van der Waals surface area contributed by atoms with Crippen LogP contribution in [0.15, 0.2) is 48.5 Å². The van der Waals surface area contributed by atoms with Crippen LogP contribution < -0.4 is 14.8 Å². The molecule has 1 aliphatic heterocycles. The topological polar surface area (TPSA) is 60.5 Å². The number of rotatable bonds is 6. The van der Waals surface area contributed by atoms with Crippen LogP contribution in [0.4, 0.5) is 0 Å². The summed E-state index contributed by atoms with van der Waals surface area (Å²) in [5, 5.41) is 3.99. The zero-order chi connectivity index (χ0) is 18.6. The summed E-state index contributed by atoms with van der Waals surface area (Å²) in [5.41, 5.74) is 2.92. The predicted molar refractivity (Wildman–Crippen MR) is 105 cm³/mol. The summed E-state index contributed by atoms with van der Waals surface area (Å²) >= 11 is 1.72. The molecule has 2 heterocycles. The first-order valence-electron chi connectivity index (χ1n) is 8.86. The minimum absolute atomic E-state index is 0.119. The van der Waals surface area contributed by atoms with Crippen molar-refractivity contribution in [1.82, 2.24) is 10.3 Å². The monoisotopic (exact) mass is 380 g/mol. The Morgan fingerprint density at radius 2 is 1.96 bits per heavy atom. The average molecular weight is 380 g/mol. The van der Waals surface area contributed by atoms with Crippen LogP contribution in [-0.2, 0) is 12.8 Å². The largest absolute Gasteiger partial charge is 0.454 e. The van der Waals surface area contributed by atoms with Crippen molar-refractivity contribution in [1.29, 1.82) is 0 Å². The lowest BCUT2D eigenvalue weighted by molar-refractivity contribution is 0.0953. The minimum Gasteiger partial charge on any atom is -0.454 e. The lowest BCUT2D eigenvalue weighted by atomic mass is 10.1. The number of nitrogens with zero attached hydrogens (tertiary/aromatic N) is 1. The van der Waals surface area contributed by atoms with Crippen LogP contribution in [0.5, 0.6) is 11.5 Å². The number of hydrogen-bond acceptors (Lipinski definition) is 5. The normalized spacial score (nSPS) is 12.2. The van der Waals surface area contributed by atoms with E-state index in [1.807, 2.05) is 13.0 Å². The molecule has 1 amide bonds. The number of aryl methyl sites for hydroxylation is 1. The van der Waals surface area contributed by atoms with E-state index in [1.165, 1.54) is 10.4 Å². The third-order valence-corrected chi connectivity index (χ3v) is 5.62. The molecule has 0 fully saturated rings. The standard InChI is InChI=1S/C21H20N2O3S/c1-14-19(11-15-5-3-2-4-6-15)27-20(23-14)9-10-22-21(24)16-7-8-17-18(12-16)26-13-25-17/h2-8,12H,9-11,13H2,1H3,(H,22,24). The number of carbonyl (C=O) groups is 1. The van der Waals surface area contributed by atoms with Gasteiger partial charge >= 0.3 is 0 Å². The van der Waals surface area contributed by atoms with Crippen molar-refractivity contribution in [3.63, 3.8) is 0 Å². The van der Waals surface area contributed by atoms with E-state index in [-0.39, 0.29) is 12.7 Å². The summed E-state index contributed by atoms with van der Waals surface area (Å²) < 4.78 is 10.6. The van der Waals surface area contributed by atoms with Gasteiger partial charge in [0.1, 0.15) is 0 Å². The molecule has 4 rings (SSSR count). The Hall–Kier alpha value is -2.86. The van der Waals surface area contributed by atoms with E-state index in [9.17, 15) is 4.79 Å². The van der Waals surface area contributed by atoms with Crippen molar-refractivity contribution in [3.05, 3.63) is 75.2 Å². The zero-order valence-electron chi connectivity index (χ0n) is 15.0. The molecule has 27 heavy (non-hydrogen) atoms. The molecule has 5 nitrogen and oxygen atoms in total. The van der Waals surface area contributed by atoms with Crippen molar-refractivity contribution < 1.29 is 14.3 Å². The number of carbonyl (C=O) groups excluding carboxylic acids is 1. The molecule has 138 valence electrons. The van der Waals surface area contributed by atoms with Crippen molar-refractivity contribution in [2.45, 2.75) is 19.8 Å². The fourth-order valence-electron chi connectivity index (χ4n) is 2.96. The Balaban J connectivity index is 1.32. The molecular weight excluding hydrogens is 360 g/mol. The summed E-state index contributed by atoms with van der Waals surface area (Å²) in [6.07, 6.45) is 1.62. The molecule has 0 saturated carbocycles. The Morgan fingerprint density at radius 1 is 1.15 bits per heavy atom. The van der Waals surface area contributed by atoms with E-state index in [4.69, 9.17) is 9.47 Å². The van der Waals surface area contributed by atoms with Gasteiger partial charge in [0.15, 0.2) is 11.5 Å². The van der Waals surface area contributed by atoms with Gasteiger partial charge in [-0.25, -0.2) is 4.98 Å². The van der Waals surface area contributed by atoms with Crippen LogP contribution in [0.25, 0.3) is 0 Å². The van der Waals surface area contributed by atoms with Gasteiger partial charge in [0.25, 0.3) is 5.91 Å². The van der Waals surface area contributed by atoms with E-state index < -0.39 is 0 Å². The van der Waals surface area contributed by atoms with Gasteiger partial charge in [0, 0.05) is 29.8 Å². The Bertz CT molecular complexity index is 953. The summed E-state index contributed by atoms with van der Waals surface area (Å²) in [7, 11) is 0. The molecule has 0 aliphatic carbocycles. The molecular formula is C21H20N2O3S. The van der Waals surface area contributed by atoms with Crippen LogP contribution in [0, 0.1) is 6.92 Å². The summed E-state index contributed by atoms with van der Waals surface area (Å²) in [4.78, 5) is 18.3. The Kier molecular flexibility index (Phi) is 5.07. The molecule has 2 aromatic carbocycles. The van der Waals surface area contributed by atoms with Gasteiger partial charge in [0.05, 0.1) is 10.7 Å². The SMILES string of the molecule is Cc1nc(CCNC(=O)c2ccc3c(c2)OCO3)sc1Cc1ccccc1. The smallest absolute Gasteiger partial charge is 0.251 e. The molecule has 1 aromatic heterocycles. The van der Waals surface area contributed by atoms with Crippen LogP contribution >= 0.6 is 11.3 Å². The quantitative estimate of drug-likeness (QED) is 0.708. The molecule has 3 aromatic rings. The molecule has 0 atom stereocenters. The second-order valence-electron chi connectivity index (χ2n) is 6.35. The highest BCUT2D eigenvalue weighted by Crippen LogP contribution is 2.32. The molecule has 6 heteroatoms. The molecule has 0 saturated heterocycles. The molecule has 0 bridgehead atoms. The third kappa shape index (κ3) is 4.11. The predicted octanol–water partition coefficient (Wildman–Crippen LogP) is 3.74. The second kappa shape index (κ2) is 7.80. The molecule has 0 spiro atoms. The van der Waals surface area contributed by atoms with Crippen LogP contribution in [0.2, 0.25) is 0 Å². The Morgan fingerprint density at radius 3 is 2.81 bits per heavy atom. The van der Waals surface area contributed by atoms with Gasteiger partial charge in [0.2, 0.25) is 6.79 Å². The first-order valence-corrected chi connectivity index (χ1v) is 9.67. The fraction of sp³-hybridized carbons (Fsp3) is 0.238. The summed E-state index contributed by atoms with van der Waals surface area (Å²) in [5.74, 6) is 1.17. The van der Waals surface area contributed by atoms with E-state index in [1.54, 1.807) is 29.5 Å². The van der Waals surface area contributed by atoms with E-state index in [0.29, 0.717) is 23.6 Å². The fourth-order valence-corrected chi connectivity index (χ4v) is 4.07. The number of ether oxygens (including phenoxy) is 2. The van der Waals surface area contributed by atoms with Crippen molar-refractivity contribution in [2.24, 2.45) is 0 Å². The first kappa shape index (κ1) is 17.5. The number of thiazole rings is 1. The molecule has 0 unspecified atom stereocenters. The first-order chi connectivity index (χ1) is 13.2. The van der Waals surface area contributed by atoms with Crippen LogP contribution in [0.1, 0.15) is 31.5 Å². The molecule has 1 N–H and O–H groups in total. The highest BCUT2D eigenvalue weighted by molar-refractivity contribution is 7.11. The highest BCUT2D eigenvalue weighted by atomic mass is 32.1. The van der Waals surface area contributed by atoms with Crippen molar-refractivity contribution in [3.8, 4) is 11.5 Å². The molecule has 1 aliphatic rings. The third-order valence-electron chi connectivity index (χ3n) is 4.40. The number of nitrogens with one attached hydrogen (secondary N) is 1. The lowest BCUT2D eigenvalue weighted by Crippen LogP contribution is -2.25. The number of aromatic nitrogens is 1. The van der Waals surface area contributed by atoms with Gasteiger partial charge in [-0.1, -0.05) is 30.3 Å². The van der Waals surface area contributed by atoms with E-state index >= 15 is 0 Å². The van der Waals surface area contributed by atoms with Gasteiger partial charge in [-0.2, -0.15) is 0 Å². The maximum absolute atomic E-state index is 12.3. The number of fused-ring (bicyclic) bond motifs is 1.